The number of aromatic nitrogens is 2. The van der Waals surface area contributed by atoms with Gasteiger partial charge in [-0.2, -0.15) is 5.10 Å². The molecule has 1 aromatic rings. The average molecular weight is 206 g/mol. The van der Waals surface area contributed by atoms with E-state index in [0.717, 1.165) is 18.5 Å². The van der Waals surface area contributed by atoms with E-state index in [-0.39, 0.29) is 6.54 Å². The highest BCUT2D eigenvalue weighted by Gasteiger charge is 2.30. The Morgan fingerprint density at radius 1 is 1.62 bits per heavy atom. The number of hydrogen-bond acceptors (Lipinski definition) is 1. The van der Waals surface area contributed by atoms with Gasteiger partial charge in [-0.15, -0.1) is 0 Å². The third-order valence-corrected chi connectivity index (χ3v) is 2.32. The van der Waals surface area contributed by atoms with Crippen molar-refractivity contribution >= 4 is 11.6 Å². The molecule has 0 spiro atoms. The van der Waals surface area contributed by atoms with Crippen LogP contribution in [0.5, 0.6) is 0 Å². The van der Waals surface area contributed by atoms with E-state index in [2.05, 4.69) is 11.3 Å². The molecule has 13 heavy (non-hydrogen) atoms. The Morgan fingerprint density at radius 2 is 2.31 bits per heavy atom. The summed E-state index contributed by atoms with van der Waals surface area (Å²) in [6.07, 6.45) is 2.15. The van der Waals surface area contributed by atoms with Gasteiger partial charge in [-0.25, -0.2) is 8.78 Å². The smallest absolute Gasteiger partial charge is 0.257 e. The Morgan fingerprint density at radius 3 is 2.85 bits per heavy atom. The van der Waals surface area contributed by atoms with Gasteiger partial charge in [-0.3, -0.25) is 4.68 Å². The van der Waals surface area contributed by atoms with Crippen LogP contribution >= 0.6 is 11.6 Å². The highest BCUT2D eigenvalue weighted by molar-refractivity contribution is 6.31. The molecule has 1 radical (unpaired) electrons. The summed E-state index contributed by atoms with van der Waals surface area (Å²) in [6, 6.07) is 0. The zero-order valence-electron chi connectivity index (χ0n) is 6.80. The van der Waals surface area contributed by atoms with E-state index in [1.165, 1.54) is 4.68 Å². The molecule has 1 aliphatic carbocycles. The van der Waals surface area contributed by atoms with E-state index in [1.807, 2.05) is 0 Å². The van der Waals surface area contributed by atoms with Gasteiger partial charge in [0.25, 0.3) is 6.43 Å². The van der Waals surface area contributed by atoms with E-state index in [9.17, 15) is 8.78 Å². The van der Waals surface area contributed by atoms with Crippen molar-refractivity contribution in [3.63, 3.8) is 0 Å². The lowest BCUT2D eigenvalue weighted by Gasteiger charge is -2.05. The topological polar surface area (TPSA) is 17.8 Å². The van der Waals surface area contributed by atoms with Crippen LogP contribution in [0.2, 0.25) is 5.02 Å². The normalized spacial score (nSPS) is 16.9. The summed E-state index contributed by atoms with van der Waals surface area (Å²) >= 11 is 5.78. The fourth-order valence-corrected chi connectivity index (χ4v) is 1.63. The molecule has 0 aromatic carbocycles. The van der Waals surface area contributed by atoms with Crippen LogP contribution in [0.4, 0.5) is 8.78 Å². The van der Waals surface area contributed by atoms with Crippen molar-refractivity contribution in [1.29, 1.82) is 0 Å². The largest absolute Gasteiger partial charge is 0.261 e. The molecular formula is C8H8ClF2N2. The Balaban J connectivity index is 2.23. The van der Waals surface area contributed by atoms with E-state index >= 15 is 0 Å². The predicted molar refractivity (Wildman–Crippen MR) is 44.1 cm³/mol. The van der Waals surface area contributed by atoms with Gasteiger partial charge in [0.1, 0.15) is 12.7 Å². The van der Waals surface area contributed by atoms with Crippen molar-refractivity contribution in [2.45, 2.75) is 31.7 Å². The number of alkyl halides is 2. The van der Waals surface area contributed by atoms with Crippen molar-refractivity contribution < 1.29 is 8.78 Å². The summed E-state index contributed by atoms with van der Waals surface area (Å²) in [5, 5.41) is 4.09. The molecule has 0 N–H and O–H groups in total. The maximum absolute atomic E-state index is 12.1. The van der Waals surface area contributed by atoms with Crippen LogP contribution in [-0.2, 0) is 6.54 Å². The Bertz CT molecular complexity index is 307. The minimum absolute atomic E-state index is 0.324. The van der Waals surface area contributed by atoms with Crippen LogP contribution in [0.25, 0.3) is 0 Å². The van der Waals surface area contributed by atoms with Gasteiger partial charge in [0, 0.05) is 5.92 Å². The molecule has 0 atom stereocenters. The van der Waals surface area contributed by atoms with E-state index in [0.29, 0.717) is 10.9 Å². The molecule has 71 valence electrons. The van der Waals surface area contributed by atoms with Crippen molar-refractivity contribution in [1.82, 2.24) is 9.78 Å². The van der Waals surface area contributed by atoms with Crippen molar-refractivity contribution in [3.8, 4) is 0 Å². The molecule has 0 saturated heterocycles. The average Bonchev–Trinajstić information content (AvgIpc) is 2.79. The Hall–Kier alpha value is -0.640. The van der Waals surface area contributed by atoms with Crippen LogP contribution in [-0.4, -0.2) is 16.2 Å². The highest BCUT2D eigenvalue weighted by Crippen LogP contribution is 2.42. The monoisotopic (exact) mass is 205 g/mol. The minimum Gasteiger partial charge on any atom is -0.261 e. The first kappa shape index (κ1) is 8.94. The second-order valence-electron chi connectivity index (χ2n) is 3.16. The molecule has 0 aliphatic heterocycles. The number of hydrogen-bond donors (Lipinski definition) is 0. The number of nitrogens with zero attached hydrogens (tertiary/aromatic N) is 2. The summed E-state index contributed by atoms with van der Waals surface area (Å²) in [6.45, 7) is -0.380. The fourth-order valence-electron chi connectivity index (χ4n) is 1.35. The summed E-state index contributed by atoms with van der Waals surface area (Å²) < 4.78 is 25.4. The SMILES string of the molecule is FC(F)Cn1n[c]c(Cl)c1C1CC1. The third kappa shape index (κ3) is 1.82. The quantitative estimate of drug-likeness (QED) is 0.741. The lowest BCUT2D eigenvalue weighted by Crippen LogP contribution is -2.10. The zero-order valence-corrected chi connectivity index (χ0v) is 7.56. The van der Waals surface area contributed by atoms with E-state index < -0.39 is 6.43 Å². The first-order chi connectivity index (χ1) is 6.18. The van der Waals surface area contributed by atoms with Crippen molar-refractivity contribution in [3.05, 3.63) is 16.9 Å². The van der Waals surface area contributed by atoms with Crippen LogP contribution in [0.1, 0.15) is 24.5 Å². The van der Waals surface area contributed by atoms with Crippen molar-refractivity contribution in [2.24, 2.45) is 0 Å². The molecule has 5 heteroatoms. The molecular weight excluding hydrogens is 198 g/mol. The van der Waals surface area contributed by atoms with E-state index in [1.54, 1.807) is 0 Å². The lowest BCUT2D eigenvalue weighted by atomic mass is 10.3. The Kier molecular flexibility index (Phi) is 2.24. The molecule has 0 amide bonds. The third-order valence-electron chi connectivity index (χ3n) is 2.05. The molecule has 0 unspecified atom stereocenters. The van der Waals surface area contributed by atoms with Gasteiger partial charge in [-0.1, -0.05) is 11.6 Å². The van der Waals surface area contributed by atoms with Crippen molar-refractivity contribution in [2.75, 3.05) is 0 Å². The lowest BCUT2D eigenvalue weighted by molar-refractivity contribution is 0.120. The molecule has 1 fully saturated rings. The standard InChI is InChI=1S/C8H8ClF2N2/c9-6-3-12-13(4-7(10)11)8(6)5-1-2-5/h5,7H,1-2,4H2. The molecule has 2 rings (SSSR count). The molecule has 2 nitrogen and oxygen atoms in total. The van der Waals surface area contributed by atoms with Crippen LogP contribution in [0, 0.1) is 6.20 Å². The molecule has 1 saturated carbocycles. The summed E-state index contributed by atoms with van der Waals surface area (Å²) in [7, 11) is 0. The molecule has 1 aromatic heterocycles. The number of halogens is 3. The van der Waals surface area contributed by atoms with Crippen LogP contribution in [0.3, 0.4) is 0 Å². The Labute approximate surface area is 79.5 Å². The predicted octanol–water partition coefficient (Wildman–Crippen LogP) is 2.48. The molecule has 0 bridgehead atoms. The first-order valence-electron chi connectivity index (χ1n) is 4.10. The maximum atomic E-state index is 12.1. The zero-order chi connectivity index (χ0) is 9.42. The van der Waals surface area contributed by atoms with Gasteiger partial charge >= 0.3 is 0 Å². The van der Waals surface area contributed by atoms with Gasteiger partial charge in [-0.05, 0) is 12.8 Å². The van der Waals surface area contributed by atoms with Crippen LogP contribution < -0.4 is 0 Å². The summed E-state index contributed by atoms with van der Waals surface area (Å²) in [5.41, 5.74) is 0.724. The second-order valence-corrected chi connectivity index (χ2v) is 3.54. The highest BCUT2D eigenvalue weighted by atomic mass is 35.5. The van der Waals surface area contributed by atoms with Gasteiger partial charge in [0.05, 0.1) is 10.7 Å². The van der Waals surface area contributed by atoms with E-state index in [4.69, 9.17) is 11.6 Å². The minimum atomic E-state index is -2.39. The van der Waals surface area contributed by atoms with Crippen LogP contribution in [0.15, 0.2) is 0 Å². The second kappa shape index (κ2) is 3.25. The van der Waals surface area contributed by atoms with Gasteiger partial charge in [0.15, 0.2) is 0 Å². The summed E-state index contributed by atoms with van der Waals surface area (Å²) in [5.74, 6) is 0.324. The molecule has 1 aliphatic rings. The van der Waals surface area contributed by atoms with Gasteiger partial charge in [0.2, 0.25) is 0 Å². The maximum Gasteiger partial charge on any atom is 0.257 e. The summed E-state index contributed by atoms with van der Waals surface area (Å²) in [4.78, 5) is 0. The number of rotatable bonds is 3. The molecule has 1 heterocycles. The van der Waals surface area contributed by atoms with Gasteiger partial charge < -0.3 is 0 Å². The first-order valence-corrected chi connectivity index (χ1v) is 4.48. The fraction of sp³-hybridized carbons (Fsp3) is 0.625.